The number of benzene rings is 1. The molecule has 0 saturated carbocycles. The van der Waals surface area contributed by atoms with Crippen molar-refractivity contribution in [1.82, 2.24) is 5.32 Å². The van der Waals surface area contributed by atoms with Crippen LogP contribution in [0.15, 0.2) is 12.1 Å². The summed E-state index contributed by atoms with van der Waals surface area (Å²) in [5, 5.41) is 2.82. The number of fused-ring (bicyclic) bond motifs is 1. The van der Waals surface area contributed by atoms with E-state index in [1.165, 1.54) is 0 Å². The molecule has 0 spiro atoms. The first-order chi connectivity index (χ1) is 11.8. The number of carbonyl (C=O) groups is 1. The molecule has 2 heterocycles. The number of rotatable bonds is 7. The van der Waals surface area contributed by atoms with Gasteiger partial charge in [0.1, 0.15) is 25.6 Å². The predicted molar refractivity (Wildman–Crippen MR) is 85.6 cm³/mol. The molecule has 1 aromatic carbocycles. The second-order valence-electron chi connectivity index (χ2n) is 5.73. The molecule has 1 saturated heterocycles. The molecule has 2 aliphatic rings. The van der Waals surface area contributed by atoms with E-state index in [1.807, 2.05) is 6.07 Å². The van der Waals surface area contributed by atoms with Gasteiger partial charge in [-0.05, 0) is 18.9 Å². The minimum atomic E-state index is -0.176. The summed E-state index contributed by atoms with van der Waals surface area (Å²) in [5.74, 6) is 1.80. The fourth-order valence-corrected chi connectivity index (χ4v) is 2.74. The van der Waals surface area contributed by atoms with Gasteiger partial charge in [-0.25, -0.2) is 0 Å². The average Bonchev–Trinajstić information content (AvgIpc) is 3.12. The fraction of sp³-hybridized carbons (Fsp3) is 0.588. The van der Waals surface area contributed by atoms with E-state index in [2.05, 4.69) is 5.32 Å². The molecule has 0 radical (unpaired) electrons. The molecule has 2 aliphatic heterocycles. The van der Waals surface area contributed by atoms with Crippen LogP contribution in [0.3, 0.4) is 0 Å². The summed E-state index contributed by atoms with van der Waals surface area (Å²) in [5.41, 5.74) is 0.828. The van der Waals surface area contributed by atoms with Gasteiger partial charge in [-0.2, -0.15) is 0 Å². The van der Waals surface area contributed by atoms with E-state index in [0.29, 0.717) is 43.6 Å². The predicted octanol–water partition coefficient (Wildman–Crippen LogP) is 1.28. The summed E-state index contributed by atoms with van der Waals surface area (Å²) in [7, 11) is 1.58. The van der Waals surface area contributed by atoms with Crippen molar-refractivity contribution in [2.45, 2.75) is 25.5 Å². The molecular formula is C17H23NO6. The highest BCUT2D eigenvalue weighted by Gasteiger charge is 2.18. The van der Waals surface area contributed by atoms with Crippen LogP contribution in [0.25, 0.3) is 0 Å². The Hall–Kier alpha value is -1.99. The Morgan fingerprint density at radius 1 is 1.25 bits per heavy atom. The van der Waals surface area contributed by atoms with Gasteiger partial charge in [-0.1, -0.05) is 0 Å². The Bertz CT molecular complexity index is 570. The van der Waals surface area contributed by atoms with Crippen LogP contribution in [0.4, 0.5) is 0 Å². The zero-order chi connectivity index (χ0) is 16.8. The van der Waals surface area contributed by atoms with E-state index in [1.54, 1.807) is 13.2 Å². The maximum atomic E-state index is 11.9. The lowest BCUT2D eigenvalue weighted by Gasteiger charge is -2.21. The molecule has 24 heavy (non-hydrogen) atoms. The molecule has 1 atom stereocenters. The van der Waals surface area contributed by atoms with E-state index in [-0.39, 0.29) is 18.6 Å². The third kappa shape index (κ3) is 4.30. The van der Waals surface area contributed by atoms with Gasteiger partial charge < -0.3 is 29.0 Å². The summed E-state index contributed by atoms with van der Waals surface area (Å²) >= 11 is 0. The SMILES string of the molecule is COc1cc2c(cc1CNC(=O)COC[C@H]1CCCO1)OCCO2. The quantitative estimate of drug-likeness (QED) is 0.808. The highest BCUT2D eigenvalue weighted by Crippen LogP contribution is 2.36. The molecule has 0 bridgehead atoms. The number of methoxy groups -OCH3 is 1. The van der Waals surface area contributed by atoms with Crippen LogP contribution in [0, 0.1) is 0 Å². The van der Waals surface area contributed by atoms with Crippen LogP contribution in [-0.2, 0) is 20.8 Å². The van der Waals surface area contributed by atoms with Crippen molar-refractivity contribution in [2.24, 2.45) is 0 Å². The van der Waals surface area contributed by atoms with E-state index >= 15 is 0 Å². The first-order valence-electron chi connectivity index (χ1n) is 8.19. The van der Waals surface area contributed by atoms with Gasteiger partial charge in [-0.3, -0.25) is 4.79 Å². The molecule has 0 aliphatic carbocycles. The standard InChI is InChI=1S/C17H23NO6/c1-20-14-8-16-15(23-5-6-24-16)7-12(14)9-18-17(19)11-21-10-13-3-2-4-22-13/h7-8,13H,2-6,9-11H2,1H3,(H,18,19)/t13-/m1/s1. The van der Waals surface area contributed by atoms with E-state index < -0.39 is 0 Å². The molecule has 1 fully saturated rings. The van der Waals surface area contributed by atoms with Crippen molar-refractivity contribution >= 4 is 5.91 Å². The largest absolute Gasteiger partial charge is 0.496 e. The minimum Gasteiger partial charge on any atom is -0.496 e. The smallest absolute Gasteiger partial charge is 0.246 e. The lowest BCUT2D eigenvalue weighted by atomic mass is 10.1. The zero-order valence-corrected chi connectivity index (χ0v) is 13.8. The average molecular weight is 337 g/mol. The number of amides is 1. The van der Waals surface area contributed by atoms with Gasteiger partial charge in [0.2, 0.25) is 5.91 Å². The normalized spacial score (nSPS) is 19.1. The fourth-order valence-electron chi connectivity index (χ4n) is 2.74. The maximum absolute atomic E-state index is 11.9. The second-order valence-corrected chi connectivity index (χ2v) is 5.73. The highest BCUT2D eigenvalue weighted by atomic mass is 16.6. The summed E-state index contributed by atoms with van der Waals surface area (Å²) in [6, 6.07) is 3.62. The Labute approximate surface area is 141 Å². The van der Waals surface area contributed by atoms with Crippen molar-refractivity contribution in [1.29, 1.82) is 0 Å². The van der Waals surface area contributed by atoms with Crippen molar-refractivity contribution in [3.05, 3.63) is 17.7 Å². The van der Waals surface area contributed by atoms with E-state index in [0.717, 1.165) is 25.0 Å². The molecule has 0 unspecified atom stereocenters. The van der Waals surface area contributed by atoms with Gasteiger partial charge in [0.15, 0.2) is 11.5 Å². The van der Waals surface area contributed by atoms with Crippen LogP contribution >= 0.6 is 0 Å². The van der Waals surface area contributed by atoms with Crippen LogP contribution in [0.2, 0.25) is 0 Å². The van der Waals surface area contributed by atoms with Crippen molar-refractivity contribution < 1.29 is 28.5 Å². The van der Waals surface area contributed by atoms with Crippen LogP contribution in [-0.4, -0.2) is 52.2 Å². The van der Waals surface area contributed by atoms with Gasteiger partial charge in [0.05, 0.1) is 19.8 Å². The molecular weight excluding hydrogens is 314 g/mol. The molecule has 0 aromatic heterocycles. The molecule has 132 valence electrons. The lowest BCUT2D eigenvalue weighted by molar-refractivity contribution is -0.127. The zero-order valence-electron chi connectivity index (χ0n) is 13.8. The van der Waals surface area contributed by atoms with Gasteiger partial charge in [0.25, 0.3) is 0 Å². The van der Waals surface area contributed by atoms with Gasteiger partial charge in [0, 0.05) is 24.8 Å². The van der Waals surface area contributed by atoms with Crippen LogP contribution < -0.4 is 19.5 Å². The molecule has 1 N–H and O–H groups in total. The molecule has 7 heteroatoms. The first-order valence-corrected chi connectivity index (χ1v) is 8.19. The summed E-state index contributed by atoms with van der Waals surface area (Å²) in [4.78, 5) is 11.9. The number of nitrogens with one attached hydrogen (secondary N) is 1. The molecule has 3 rings (SSSR count). The van der Waals surface area contributed by atoms with Gasteiger partial charge in [-0.15, -0.1) is 0 Å². The Kier molecular flexibility index (Phi) is 5.77. The lowest BCUT2D eigenvalue weighted by Crippen LogP contribution is -2.29. The van der Waals surface area contributed by atoms with E-state index in [4.69, 9.17) is 23.7 Å². The Morgan fingerprint density at radius 3 is 2.75 bits per heavy atom. The number of hydrogen-bond donors (Lipinski definition) is 1. The first kappa shape index (κ1) is 16.9. The third-order valence-electron chi connectivity index (χ3n) is 3.98. The van der Waals surface area contributed by atoms with E-state index in [9.17, 15) is 4.79 Å². The van der Waals surface area contributed by atoms with Crippen molar-refractivity contribution in [3.63, 3.8) is 0 Å². The number of carbonyl (C=O) groups excluding carboxylic acids is 1. The topological polar surface area (TPSA) is 75.3 Å². The summed E-state index contributed by atoms with van der Waals surface area (Å²) < 4.78 is 27.3. The minimum absolute atomic E-state index is 0.0206. The molecule has 1 amide bonds. The monoisotopic (exact) mass is 337 g/mol. The Balaban J connectivity index is 1.48. The van der Waals surface area contributed by atoms with Crippen LogP contribution in [0.1, 0.15) is 18.4 Å². The van der Waals surface area contributed by atoms with Crippen LogP contribution in [0.5, 0.6) is 17.2 Å². The third-order valence-corrected chi connectivity index (χ3v) is 3.98. The Morgan fingerprint density at radius 2 is 2.04 bits per heavy atom. The second kappa shape index (κ2) is 8.21. The summed E-state index contributed by atoms with van der Waals surface area (Å²) in [6.45, 7) is 2.63. The highest BCUT2D eigenvalue weighted by molar-refractivity contribution is 5.77. The number of ether oxygens (including phenoxy) is 5. The van der Waals surface area contributed by atoms with Crippen molar-refractivity contribution in [2.75, 3.05) is 40.1 Å². The van der Waals surface area contributed by atoms with Crippen molar-refractivity contribution in [3.8, 4) is 17.2 Å². The molecule has 7 nitrogen and oxygen atoms in total. The van der Waals surface area contributed by atoms with Gasteiger partial charge >= 0.3 is 0 Å². The molecule has 1 aromatic rings. The maximum Gasteiger partial charge on any atom is 0.246 e. The summed E-state index contributed by atoms with van der Waals surface area (Å²) in [6.07, 6.45) is 2.18. The number of hydrogen-bond acceptors (Lipinski definition) is 6.